The van der Waals surface area contributed by atoms with Gasteiger partial charge in [0.15, 0.2) is 0 Å². The second-order valence-corrected chi connectivity index (χ2v) is 7.82. The molecule has 3 N–H and O–H groups in total. The Kier molecular flexibility index (Phi) is 5.27. The Hall–Kier alpha value is -3.13. The smallest absolute Gasteiger partial charge is 0.328 e. The van der Waals surface area contributed by atoms with E-state index in [9.17, 15) is 18.0 Å². The molecule has 2 aromatic carbocycles. The zero-order chi connectivity index (χ0) is 19.4. The molecule has 1 fully saturated rings. The molecule has 27 heavy (non-hydrogen) atoms. The van der Waals surface area contributed by atoms with Crippen molar-refractivity contribution >= 4 is 33.7 Å². The van der Waals surface area contributed by atoms with Gasteiger partial charge < -0.3 is 10.4 Å². The number of sulfonamides is 1. The van der Waals surface area contributed by atoms with E-state index in [2.05, 4.69) is 10.0 Å². The van der Waals surface area contributed by atoms with Gasteiger partial charge in [-0.05, 0) is 48.7 Å². The molecule has 7 nitrogen and oxygen atoms in total. The largest absolute Gasteiger partial charge is 0.478 e. The van der Waals surface area contributed by atoms with Gasteiger partial charge in [-0.15, -0.1) is 0 Å². The van der Waals surface area contributed by atoms with Crippen molar-refractivity contribution < 1.29 is 23.1 Å². The number of rotatable bonds is 7. The Labute approximate surface area is 156 Å². The van der Waals surface area contributed by atoms with Gasteiger partial charge in [0.25, 0.3) is 15.9 Å². The Morgan fingerprint density at radius 3 is 2.33 bits per heavy atom. The van der Waals surface area contributed by atoms with Crippen molar-refractivity contribution in [1.82, 2.24) is 5.32 Å². The topological polar surface area (TPSA) is 113 Å². The number of carbonyl (C=O) groups is 2. The van der Waals surface area contributed by atoms with E-state index in [1.807, 2.05) is 0 Å². The highest BCUT2D eigenvalue weighted by Gasteiger charge is 2.25. The molecule has 0 atom stereocenters. The fourth-order valence-electron chi connectivity index (χ4n) is 2.39. The maximum absolute atomic E-state index is 12.6. The number of aliphatic carboxylic acids is 1. The minimum absolute atomic E-state index is 0.00683. The first kappa shape index (κ1) is 18.7. The number of benzene rings is 2. The summed E-state index contributed by atoms with van der Waals surface area (Å²) in [4.78, 5) is 22.8. The number of carboxylic acids is 1. The van der Waals surface area contributed by atoms with Gasteiger partial charge in [-0.3, -0.25) is 9.52 Å². The number of nitrogens with one attached hydrogen (secondary N) is 2. The highest BCUT2D eigenvalue weighted by molar-refractivity contribution is 7.92. The Morgan fingerprint density at radius 1 is 1.04 bits per heavy atom. The lowest BCUT2D eigenvalue weighted by molar-refractivity contribution is -0.131. The fraction of sp³-hybridized carbons (Fsp3) is 0.158. The Morgan fingerprint density at radius 2 is 1.70 bits per heavy atom. The van der Waals surface area contributed by atoms with Gasteiger partial charge in [-0.25, -0.2) is 13.2 Å². The van der Waals surface area contributed by atoms with Crippen LogP contribution in [0.5, 0.6) is 0 Å². The summed E-state index contributed by atoms with van der Waals surface area (Å²) in [6, 6.07) is 12.3. The van der Waals surface area contributed by atoms with E-state index in [-0.39, 0.29) is 28.1 Å². The summed E-state index contributed by atoms with van der Waals surface area (Å²) in [7, 11) is -3.90. The molecule has 1 amide bonds. The third kappa shape index (κ3) is 4.95. The first-order valence-electron chi connectivity index (χ1n) is 8.29. The van der Waals surface area contributed by atoms with Gasteiger partial charge >= 0.3 is 5.97 Å². The summed E-state index contributed by atoms with van der Waals surface area (Å²) in [5.74, 6) is -1.40. The van der Waals surface area contributed by atoms with Crippen molar-refractivity contribution in [1.29, 1.82) is 0 Å². The number of amides is 1. The quantitative estimate of drug-likeness (QED) is 0.633. The molecule has 0 unspecified atom stereocenters. The van der Waals surface area contributed by atoms with Crippen LogP contribution in [0.3, 0.4) is 0 Å². The zero-order valence-electron chi connectivity index (χ0n) is 14.3. The predicted molar refractivity (Wildman–Crippen MR) is 101 cm³/mol. The molecule has 2 aromatic rings. The molecule has 0 radical (unpaired) electrons. The third-order valence-corrected chi connectivity index (χ3v) is 5.32. The van der Waals surface area contributed by atoms with E-state index >= 15 is 0 Å². The number of carbonyl (C=O) groups excluding carboxylic acids is 1. The minimum Gasteiger partial charge on any atom is -0.478 e. The van der Waals surface area contributed by atoms with Crippen LogP contribution < -0.4 is 10.0 Å². The molecule has 1 saturated carbocycles. The maximum Gasteiger partial charge on any atom is 0.328 e. The second-order valence-electron chi connectivity index (χ2n) is 6.14. The third-order valence-electron chi connectivity index (χ3n) is 3.94. The molecule has 0 bridgehead atoms. The van der Waals surface area contributed by atoms with E-state index in [4.69, 9.17) is 5.11 Å². The Balaban J connectivity index is 1.80. The molecule has 0 aliphatic heterocycles. The fourth-order valence-corrected chi connectivity index (χ4v) is 3.47. The SMILES string of the molecule is O=C(O)C=Cc1ccc(S(=O)(=O)Nc2ccccc2C(=O)NC2CC2)cc1. The maximum atomic E-state index is 12.6. The van der Waals surface area contributed by atoms with E-state index in [0.717, 1.165) is 18.9 Å². The molecule has 0 heterocycles. The molecule has 1 aliphatic carbocycles. The molecule has 1 aliphatic rings. The normalized spacial score (nSPS) is 14.1. The van der Waals surface area contributed by atoms with Gasteiger partial charge in [-0.2, -0.15) is 0 Å². The zero-order valence-corrected chi connectivity index (χ0v) is 15.1. The van der Waals surface area contributed by atoms with Crippen LogP contribution in [-0.2, 0) is 14.8 Å². The van der Waals surface area contributed by atoms with Crippen LogP contribution in [-0.4, -0.2) is 31.4 Å². The molecule has 0 spiro atoms. The monoisotopic (exact) mass is 386 g/mol. The van der Waals surface area contributed by atoms with Crippen molar-refractivity contribution in [2.24, 2.45) is 0 Å². The molecule has 0 saturated heterocycles. The van der Waals surface area contributed by atoms with Crippen LogP contribution in [0, 0.1) is 0 Å². The molecular formula is C19H18N2O5S. The first-order valence-corrected chi connectivity index (χ1v) is 9.77. The highest BCUT2D eigenvalue weighted by atomic mass is 32.2. The van der Waals surface area contributed by atoms with Crippen LogP contribution in [0.1, 0.15) is 28.8 Å². The van der Waals surface area contributed by atoms with E-state index in [0.29, 0.717) is 5.56 Å². The standard InChI is InChI=1S/C19H18N2O5S/c22-18(23)12-7-13-5-10-15(11-6-13)27(25,26)21-17-4-2-1-3-16(17)19(24)20-14-8-9-14/h1-7,10-12,14,21H,8-9H2,(H,20,24)(H,22,23). The van der Waals surface area contributed by atoms with Crippen molar-refractivity contribution in [2.75, 3.05) is 4.72 Å². The molecular weight excluding hydrogens is 368 g/mol. The average Bonchev–Trinajstić information content (AvgIpc) is 3.44. The van der Waals surface area contributed by atoms with Crippen molar-refractivity contribution in [3.05, 3.63) is 65.7 Å². The lowest BCUT2D eigenvalue weighted by Crippen LogP contribution is -2.27. The van der Waals surface area contributed by atoms with Gasteiger partial charge in [0.2, 0.25) is 0 Å². The van der Waals surface area contributed by atoms with Crippen molar-refractivity contribution in [3.8, 4) is 0 Å². The predicted octanol–water partition coefficient (Wildman–Crippen LogP) is 2.48. The van der Waals surface area contributed by atoms with Crippen LogP contribution in [0.25, 0.3) is 6.08 Å². The van der Waals surface area contributed by atoms with Crippen LogP contribution in [0.4, 0.5) is 5.69 Å². The summed E-state index contributed by atoms with van der Waals surface area (Å²) in [6.45, 7) is 0. The second kappa shape index (κ2) is 7.63. The number of anilines is 1. The number of hydrogen-bond donors (Lipinski definition) is 3. The average molecular weight is 386 g/mol. The summed E-state index contributed by atoms with van der Waals surface area (Å²) < 4.78 is 27.7. The molecule has 8 heteroatoms. The Bertz CT molecular complexity index is 993. The minimum atomic E-state index is -3.90. The van der Waals surface area contributed by atoms with Crippen molar-refractivity contribution in [2.45, 2.75) is 23.8 Å². The van der Waals surface area contributed by atoms with Gasteiger partial charge in [-0.1, -0.05) is 24.3 Å². The first-order chi connectivity index (χ1) is 12.8. The molecule has 0 aromatic heterocycles. The number of para-hydroxylation sites is 1. The van der Waals surface area contributed by atoms with E-state index in [1.165, 1.54) is 36.4 Å². The molecule has 140 valence electrons. The van der Waals surface area contributed by atoms with E-state index in [1.54, 1.807) is 18.2 Å². The molecule has 3 rings (SSSR count). The van der Waals surface area contributed by atoms with E-state index < -0.39 is 16.0 Å². The lowest BCUT2D eigenvalue weighted by atomic mass is 10.1. The van der Waals surface area contributed by atoms with Gasteiger partial charge in [0.05, 0.1) is 16.1 Å². The summed E-state index contributed by atoms with van der Waals surface area (Å²) >= 11 is 0. The summed E-state index contributed by atoms with van der Waals surface area (Å²) in [5.41, 5.74) is 1.01. The van der Waals surface area contributed by atoms with Crippen LogP contribution >= 0.6 is 0 Å². The van der Waals surface area contributed by atoms with Crippen molar-refractivity contribution in [3.63, 3.8) is 0 Å². The lowest BCUT2D eigenvalue weighted by Gasteiger charge is -2.12. The van der Waals surface area contributed by atoms with Gasteiger partial charge in [0.1, 0.15) is 0 Å². The summed E-state index contributed by atoms with van der Waals surface area (Å²) in [5, 5.41) is 11.5. The summed E-state index contributed by atoms with van der Waals surface area (Å²) in [6.07, 6.45) is 4.20. The number of carboxylic acid groups (broad SMARTS) is 1. The highest BCUT2D eigenvalue weighted by Crippen LogP contribution is 2.23. The van der Waals surface area contributed by atoms with Gasteiger partial charge in [0, 0.05) is 12.1 Å². The van der Waals surface area contributed by atoms with Crippen LogP contribution in [0.15, 0.2) is 59.5 Å². The number of hydrogen-bond acceptors (Lipinski definition) is 4. The van der Waals surface area contributed by atoms with Crippen LogP contribution in [0.2, 0.25) is 0 Å².